The SMILES string of the molecule is Cc1cccc(C(CN=C(N)Nc2ccccc2)N2CCOCC2)c1. The standard InChI is InChI=1S/C20H26N4O/c1-16-6-5-7-17(14-16)19(24-10-12-25-13-11-24)15-22-20(21)23-18-8-3-2-4-9-18/h2-9,14,19H,10-13,15H2,1H3,(H3,21,22,23). The molecule has 1 aliphatic heterocycles. The van der Waals surface area contributed by atoms with Gasteiger partial charge in [-0.25, -0.2) is 0 Å². The number of hydrogen-bond donors (Lipinski definition) is 2. The molecule has 0 bridgehead atoms. The van der Waals surface area contributed by atoms with Crippen molar-refractivity contribution in [3.05, 3.63) is 65.7 Å². The highest BCUT2D eigenvalue weighted by atomic mass is 16.5. The molecule has 5 nitrogen and oxygen atoms in total. The maximum atomic E-state index is 6.09. The molecule has 0 aliphatic carbocycles. The Morgan fingerprint density at radius 2 is 1.92 bits per heavy atom. The van der Waals surface area contributed by atoms with Gasteiger partial charge in [0, 0.05) is 18.8 Å². The number of rotatable bonds is 5. The molecule has 1 aliphatic rings. The maximum Gasteiger partial charge on any atom is 0.193 e. The Labute approximate surface area is 149 Å². The van der Waals surface area contributed by atoms with Gasteiger partial charge in [0.2, 0.25) is 0 Å². The summed E-state index contributed by atoms with van der Waals surface area (Å²) >= 11 is 0. The van der Waals surface area contributed by atoms with Crippen molar-refractivity contribution in [3.8, 4) is 0 Å². The van der Waals surface area contributed by atoms with E-state index in [1.165, 1.54) is 11.1 Å². The van der Waals surface area contributed by atoms with Gasteiger partial charge in [0.1, 0.15) is 0 Å². The Kier molecular flexibility index (Phi) is 6.04. The van der Waals surface area contributed by atoms with Gasteiger partial charge < -0.3 is 15.8 Å². The molecule has 1 saturated heterocycles. The zero-order valence-electron chi connectivity index (χ0n) is 14.7. The second-order valence-corrected chi connectivity index (χ2v) is 6.30. The number of nitrogens with zero attached hydrogens (tertiary/aromatic N) is 2. The minimum atomic E-state index is 0.208. The largest absolute Gasteiger partial charge is 0.379 e. The van der Waals surface area contributed by atoms with E-state index in [1.807, 2.05) is 30.3 Å². The summed E-state index contributed by atoms with van der Waals surface area (Å²) in [6.45, 7) is 6.11. The summed E-state index contributed by atoms with van der Waals surface area (Å²) in [5.74, 6) is 0.442. The molecule has 0 saturated carbocycles. The average Bonchev–Trinajstić information content (AvgIpc) is 2.64. The normalized spacial score (nSPS) is 17.2. The van der Waals surface area contributed by atoms with Crippen LogP contribution in [0.2, 0.25) is 0 Å². The molecule has 5 heteroatoms. The number of nitrogens with two attached hydrogens (primary N) is 1. The molecule has 1 atom stereocenters. The summed E-state index contributed by atoms with van der Waals surface area (Å²) in [5, 5.41) is 3.15. The van der Waals surface area contributed by atoms with E-state index >= 15 is 0 Å². The summed E-state index contributed by atoms with van der Waals surface area (Å²) < 4.78 is 5.50. The first-order valence-electron chi connectivity index (χ1n) is 8.73. The van der Waals surface area contributed by atoms with Crippen LogP contribution in [-0.2, 0) is 4.74 Å². The minimum absolute atomic E-state index is 0.208. The van der Waals surface area contributed by atoms with E-state index in [0.717, 1.165) is 32.0 Å². The molecular weight excluding hydrogens is 312 g/mol. The first-order valence-corrected chi connectivity index (χ1v) is 8.73. The third kappa shape index (κ3) is 5.05. The second kappa shape index (κ2) is 8.65. The monoisotopic (exact) mass is 338 g/mol. The number of aliphatic imine (C=N–C) groups is 1. The van der Waals surface area contributed by atoms with Crippen LogP contribution in [0.5, 0.6) is 0 Å². The Bertz CT molecular complexity index is 696. The van der Waals surface area contributed by atoms with Crippen molar-refractivity contribution >= 4 is 11.6 Å². The van der Waals surface area contributed by atoms with Gasteiger partial charge in [-0.05, 0) is 24.6 Å². The van der Waals surface area contributed by atoms with E-state index in [-0.39, 0.29) is 6.04 Å². The summed E-state index contributed by atoms with van der Waals surface area (Å²) in [7, 11) is 0. The van der Waals surface area contributed by atoms with E-state index in [2.05, 4.69) is 46.4 Å². The van der Waals surface area contributed by atoms with Gasteiger partial charge in [0.05, 0.1) is 25.8 Å². The molecule has 0 spiro atoms. The molecule has 2 aromatic rings. The van der Waals surface area contributed by atoms with Crippen LogP contribution in [-0.4, -0.2) is 43.7 Å². The third-order valence-electron chi connectivity index (χ3n) is 4.39. The number of hydrogen-bond acceptors (Lipinski definition) is 3. The number of benzene rings is 2. The fraction of sp³-hybridized carbons (Fsp3) is 0.350. The number of aryl methyl sites for hydroxylation is 1. The molecule has 0 amide bonds. The lowest BCUT2D eigenvalue weighted by molar-refractivity contribution is 0.0180. The molecule has 0 radical (unpaired) electrons. The zero-order valence-corrected chi connectivity index (χ0v) is 14.7. The van der Waals surface area contributed by atoms with Crippen LogP contribution < -0.4 is 11.1 Å². The fourth-order valence-corrected chi connectivity index (χ4v) is 3.09. The Morgan fingerprint density at radius 1 is 1.16 bits per heavy atom. The lowest BCUT2D eigenvalue weighted by Gasteiger charge is -2.34. The van der Waals surface area contributed by atoms with Crippen molar-refractivity contribution in [2.75, 3.05) is 38.2 Å². The fourth-order valence-electron chi connectivity index (χ4n) is 3.09. The minimum Gasteiger partial charge on any atom is -0.379 e. The van der Waals surface area contributed by atoms with Crippen LogP contribution in [0.1, 0.15) is 17.2 Å². The van der Waals surface area contributed by atoms with Crippen LogP contribution in [0, 0.1) is 6.92 Å². The van der Waals surface area contributed by atoms with E-state index in [0.29, 0.717) is 12.5 Å². The second-order valence-electron chi connectivity index (χ2n) is 6.30. The van der Waals surface area contributed by atoms with E-state index in [9.17, 15) is 0 Å². The summed E-state index contributed by atoms with van der Waals surface area (Å²) in [5.41, 5.74) is 9.57. The number of para-hydroxylation sites is 1. The molecule has 132 valence electrons. The van der Waals surface area contributed by atoms with Crippen LogP contribution >= 0.6 is 0 Å². The lowest BCUT2D eigenvalue weighted by atomic mass is 10.0. The van der Waals surface area contributed by atoms with Gasteiger partial charge >= 0.3 is 0 Å². The summed E-state index contributed by atoms with van der Waals surface area (Å²) in [6, 6.07) is 18.7. The molecule has 2 aromatic carbocycles. The van der Waals surface area contributed by atoms with E-state index < -0.39 is 0 Å². The molecule has 1 heterocycles. The maximum absolute atomic E-state index is 6.09. The molecular formula is C20H26N4O. The number of ether oxygens (including phenoxy) is 1. The van der Waals surface area contributed by atoms with Gasteiger partial charge in [-0.3, -0.25) is 9.89 Å². The van der Waals surface area contributed by atoms with Gasteiger partial charge in [-0.1, -0.05) is 48.0 Å². The summed E-state index contributed by atoms with van der Waals surface area (Å²) in [4.78, 5) is 7.03. The van der Waals surface area contributed by atoms with Crippen molar-refractivity contribution in [2.24, 2.45) is 10.7 Å². The quantitative estimate of drug-likeness (QED) is 0.650. The first-order chi connectivity index (χ1) is 12.2. The first kappa shape index (κ1) is 17.5. The highest BCUT2D eigenvalue weighted by molar-refractivity contribution is 5.92. The molecule has 1 fully saturated rings. The van der Waals surface area contributed by atoms with Crippen molar-refractivity contribution in [1.82, 2.24) is 4.90 Å². The van der Waals surface area contributed by atoms with Crippen LogP contribution in [0.3, 0.4) is 0 Å². The average molecular weight is 338 g/mol. The van der Waals surface area contributed by atoms with Crippen LogP contribution in [0.4, 0.5) is 5.69 Å². The van der Waals surface area contributed by atoms with E-state index in [4.69, 9.17) is 10.5 Å². The number of anilines is 1. The number of guanidine groups is 1. The van der Waals surface area contributed by atoms with Gasteiger partial charge in [-0.2, -0.15) is 0 Å². The lowest BCUT2D eigenvalue weighted by Crippen LogP contribution is -2.40. The van der Waals surface area contributed by atoms with Crippen molar-refractivity contribution in [2.45, 2.75) is 13.0 Å². The van der Waals surface area contributed by atoms with Gasteiger partial charge in [-0.15, -0.1) is 0 Å². The van der Waals surface area contributed by atoms with Gasteiger partial charge in [0.15, 0.2) is 5.96 Å². The molecule has 1 unspecified atom stereocenters. The Hall–Kier alpha value is -2.37. The van der Waals surface area contributed by atoms with Gasteiger partial charge in [0.25, 0.3) is 0 Å². The third-order valence-corrected chi connectivity index (χ3v) is 4.39. The topological polar surface area (TPSA) is 62.9 Å². The van der Waals surface area contributed by atoms with Crippen molar-refractivity contribution in [1.29, 1.82) is 0 Å². The number of nitrogens with one attached hydrogen (secondary N) is 1. The van der Waals surface area contributed by atoms with Crippen LogP contribution in [0.15, 0.2) is 59.6 Å². The zero-order chi connectivity index (χ0) is 17.5. The van der Waals surface area contributed by atoms with Crippen LogP contribution in [0.25, 0.3) is 0 Å². The summed E-state index contributed by atoms with van der Waals surface area (Å²) in [6.07, 6.45) is 0. The molecule has 25 heavy (non-hydrogen) atoms. The highest BCUT2D eigenvalue weighted by Crippen LogP contribution is 2.23. The van der Waals surface area contributed by atoms with E-state index in [1.54, 1.807) is 0 Å². The van der Waals surface area contributed by atoms with Crippen molar-refractivity contribution < 1.29 is 4.74 Å². The Morgan fingerprint density at radius 3 is 2.64 bits per heavy atom. The predicted molar refractivity (Wildman–Crippen MR) is 103 cm³/mol. The Balaban J connectivity index is 1.73. The molecule has 0 aromatic heterocycles. The molecule has 3 N–H and O–H groups in total. The number of morpholine rings is 1. The molecule has 3 rings (SSSR count). The van der Waals surface area contributed by atoms with Crippen molar-refractivity contribution in [3.63, 3.8) is 0 Å². The smallest absolute Gasteiger partial charge is 0.193 e. The predicted octanol–water partition coefficient (Wildman–Crippen LogP) is 2.80. The highest BCUT2D eigenvalue weighted by Gasteiger charge is 2.22.